The van der Waals surface area contributed by atoms with Gasteiger partial charge in [-0.1, -0.05) is 42.5 Å². The highest BCUT2D eigenvalue weighted by molar-refractivity contribution is 6.22. The fourth-order valence-electron chi connectivity index (χ4n) is 4.19. The van der Waals surface area contributed by atoms with Gasteiger partial charge in [-0.3, -0.25) is 19.4 Å². The Morgan fingerprint density at radius 3 is 2.35 bits per heavy atom. The molecule has 0 saturated carbocycles. The molecular formula is C25H29N3O3. The van der Waals surface area contributed by atoms with Gasteiger partial charge in [0.15, 0.2) is 0 Å². The molecule has 0 aromatic heterocycles. The lowest BCUT2D eigenvalue weighted by Gasteiger charge is -2.36. The lowest BCUT2D eigenvalue weighted by molar-refractivity contribution is -0.123. The van der Waals surface area contributed by atoms with Crippen LogP contribution in [-0.4, -0.2) is 67.0 Å². The van der Waals surface area contributed by atoms with E-state index in [-0.39, 0.29) is 24.3 Å². The quantitative estimate of drug-likeness (QED) is 0.646. The molecule has 2 aromatic carbocycles. The maximum atomic E-state index is 13.0. The van der Waals surface area contributed by atoms with Crippen molar-refractivity contribution in [1.82, 2.24) is 9.80 Å². The van der Waals surface area contributed by atoms with Gasteiger partial charge in [-0.2, -0.15) is 0 Å². The average molecular weight is 420 g/mol. The molecule has 0 N–H and O–H groups in total. The highest BCUT2D eigenvalue weighted by Crippen LogP contribution is 2.28. The van der Waals surface area contributed by atoms with Crippen LogP contribution in [0.5, 0.6) is 5.75 Å². The standard InChI is InChI=1S/C25H29N3O3/c1-2-31-22-12-10-21(11-13-22)28-24(29)19-23(25(28)30)27-17-15-26(16-18-27)14-6-9-20-7-4-3-5-8-20/h3-13,23H,2,14-19H2,1H3. The summed E-state index contributed by atoms with van der Waals surface area (Å²) in [6, 6.07) is 17.1. The van der Waals surface area contributed by atoms with E-state index >= 15 is 0 Å². The van der Waals surface area contributed by atoms with Gasteiger partial charge in [0.2, 0.25) is 5.91 Å². The molecule has 2 aliphatic heterocycles. The third-order valence-electron chi connectivity index (χ3n) is 5.85. The molecule has 2 aliphatic rings. The molecule has 0 spiro atoms. The number of imide groups is 1. The summed E-state index contributed by atoms with van der Waals surface area (Å²) in [5.41, 5.74) is 1.82. The van der Waals surface area contributed by atoms with Crippen LogP contribution < -0.4 is 9.64 Å². The Bertz CT molecular complexity index is 919. The smallest absolute Gasteiger partial charge is 0.251 e. The predicted octanol–water partition coefficient (Wildman–Crippen LogP) is 3.05. The SMILES string of the molecule is CCOc1ccc(N2C(=O)CC(N3CCN(CC=Cc4ccccc4)CC3)C2=O)cc1. The molecule has 2 fully saturated rings. The van der Waals surface area contributed by atoms with Crippen molar-refractivity contribution in [3.05, 3.63) is 66.2 Å². The van der Waals surface area contributed by atoms with E-state index in [1.807, 2.05) is 25.1 Å². The van der Waals surface area contributed by atoms with Crippen molar-refractivity contribution < 1.29 is 14.3 Å². The first-order valence-electron chi connectivity index (χ1n) is 10.9. The van der Waals surface area contributed by atoms with Gasteiger partial charge >= 0.3 is 0 Å². The molecule has 162 valence electrons. The minimum Gasteiger partial charge on any atom is -0.494 e. The molecule has 6 nitrogen and oxygen atoms in total. The van der Waals surface area contributed by atoms with Crippen molar-refractivity contribution in [1.29, 1.82) is 0 Å². The Kier molecular flexibility index (Phi) is 6.79. The molecule has 1 unspecified atom stereocenters. The second kappa shape index (κ2) is 9.90. The molecule has 2 aromatic rings. The molecule has 0 radical (unpaired) electrons. The number of carbonyl (C=O) groups is 2. The highest BCUT2D eigenvalue weighted by Gasteiger charge is 2.43. The Morgan fingerprint density at radius 1 is 0.968 bits per heavy atom. The van der Waals surface area contributed by atoms with Crippen LogP contribution >= 0.6 is 0 Å². The Balaban J connectivity index is 1.31. The van der Waals surface area contributed by atoms with E-state index in [0.717, 1.165) is 38.5 Å². The van der Waals surface area contributed by atoms with Crippen molar-refractivity contribution in [3.63, 3.8) is 0 Å². The molecule has 31 heavy (non-hydrogen) atoms. The number of hydrogen-bond acceptors (Lipinski definition) is 5. The van der Waals surface area contributed by atoms with Crippen LogP contribution in [0.25, 0.3) is 6.08 Å². The number of ether oxygens (including phenoxy) is 1. The molecule has 4 rings (SSSR count). The van der Waals surface area contributed by atoms with E-state index in [0.29, 0.717) is 12.3 Å². The number of benzene rings is 2. The van der Waals surface area contributed by atoms with E-state index in [2.05, 4.69) is 34.1 Å². The van der Waals surface area contributed by atoms with Gasteiger partial charge in [-0.15, -0.1) is 0 Å². The lowest BCUT2D eigenvalue weighted by atomic mass is 10.1. The van der Waals surface area contributed by atoms with Crippen molar-refractivity contribution in [3.8, 4) is 5.75 Å². The van der Waals surface area contributed by atoms with Crippen molar-refractivity contribution in [2.45, 2.75) is 19.4 Å². The van der Waals surface area contributed by atoms with Crippen LogP contribution in [0.3, 0.4) is 0 Å². The maximum Gasteiger partial charge on any atom is 0.251 e. The van der Waals surface area contributed by atoms with Crippen LogP contribution in [0.2, 0.25) is 0 Å². The summed E-state index contributed by atoms with van der Waals surface area (Å²) in [4.78, 5) is 31.5. The topological polar surface area (TPSA) is 53.1 Å². The van der Waals surface area contributed by atoms with Crippen LogP contribution in [0, 0.1) is 0 Å². The van der Waals surface area contributed by atoms with Crippen molar-refractivity contribution >= 4 is 23.6 Å². The first-order valence-corrected chi connectivity index (χ1v) is 10.9. The van der Waals surface area contributed by atoms with Gasteiger partial charge in [0.1, 0.15) is 5.75 Å². The minimum absolute atomic E-state index is 0.119. The summed E-state index contributed by atoms with van der Waals surface area (Å²) >= 11 is 0. The summed E-state index contributed by atoms with van der Waals surface area (Å²) in [6.45, 7) is 6.75. The number of anilines is 1. The zero-order chi connectivity index (χ0) is 21.6. The number of carbonyl (C=O) groups excluding carboxylic acids is 2. The van der Waals surface area contributed by atoms with Crippen LogP contribution in [0.1, 0.15) is 18.9 Å². The molecule has 2 saturated heterocycles. The van der Waals surface area contributed by atoms with Crippen LogP contribution in [0.4, 0.5) is 5.69 Å². The molecule has 0 bridgehead atoms. The van der Waals surface area contributed by atoms with Crippen molar-refractivity contribution in [2.75, 3.05) is 44.2 Å². The number of piperazine rings is 1. The summed E-state index contributed by atoms with van der Waals surface area (Å²) in [6.07, 6.45) is 4.57. The fourth-order valence-corrected chi connectivity index (χ4v) is 4.19. The number of hydrogen-bond donors (Lipinski definition) is 0. The Labute approximate surface area is 183 Å². The van der Waals surface area contributed by atoms with Gasteiger partial charge in [-0.25, -0.2) is 4.90 Å². The summed E-state index contributed by atoms with van der Waals surface area (Å²) in [5.74, 6) is 0.485. The number of rotatable bonds is 7. The first kappa shape index (κ1) is 21.3. The fraction of sp³-hybridized carbons (Fsp3) is 0.360. The second-order valence-corrected chi connectivity index (χ2v) is 7.86. The van der Waals surface area contributed by atoms with E-state index < -0.39 is 0 Å². The van der Waals surface area contributed by atoms with Gasteiger partial charge in [0, 0.05) is 32.7 Å². The van der Waals surface area contributed by atoms with Crippen LogP contribution in [-0.2, 0) is 9.59 Å². The maximum absolute atomic E-state index is 13.0. The van der Waals surface area contributed by atoms with Crippen LogP contribution in [0.15, 0.2) is 60.7 Å². The summed E-state index contributed by atoms with van der Waals surface area (Å²) in [5, 5.41) is 0. The zero-order valence-electron chi connectivity index (χ0n) is 17.9. The van der Waals surface area contributed by atoms with Gasteiger partial charge in [0.05, 0.1) is 24.8 Å². The third kappa shape index (κ3) is 5.03. The summed E-state index contributed by atoms with van der Waals surface area (Å²) in [7, 11) is 0. The average Bonchev–Trinajstić information content (AvgIpc) is 3.10. The van der Waals surface area contributed by atoms with Crippen molar-refractivity contribution in [2.24, 2.45) is 0 Å². The zero-order valence-corrected chi connectivity index (χ0v) is 17.9. The van der Waals surface area contributed by atoms with Gasteiger partial charge < -0.3 is 4.74 Å². The minimum atomic E-state index is -0.360. The third-order valence-corrected chi connectivity index (χ3v) is 5.85. The lowest BCUT2D eigenvalue weighted by Crippen LogP contribution is -2.52. The van der Waals surface area contributed by atoms with E-state index in [9.17, 15) is 9.59 Å². The Hall–Kier alpha value is -2.96. The first-order chi connectivity index (χ1) is 15.2. The molecular weight excluding hydrogens is 390 g/mol. The monoisotopic (exact) mass is 419 g/mol. The number of nitrogens with zero attached hydrogens (tertiary/aromatic N) is 3. The summed E-state index contributed by atoms with van der Waals surface area (Å²) < 4.78 is 5.45. The van der Waals surface area contributed by atoms with Gasteiger partial charge in [0.25, 0.3) is 5.91 Å². The molecule has 0 aliphatic carbocycles. The predicted molar refractivity (Wildman–Crippen MR) is 122 cm³/mol. The largest absolute Gasteiger partial charge is 0.494 e. The molecule has 2 heterocycles. The Morgan fingerprint density at radius 2 is 1.68 bits per heavy atom. The van der Waals surface area contributed by atoms with E-state index in [1.54, 1.807) is 24.3 Å². The highest BCUT2D eigenvalue weighted by atomic mass is 16.5. The van der Waals surface area contributed by atoms with Gasteiger partial charge in [-0.05, 0) is 36.8 Å². The second-order valence-electron chi connectivity index (χ2n) is 7.86. The molecule has 6 heteroatoms. The number of amides is 2. The normalized spacial score (nSPS) is 20.7. The molecule has 1 atom stereocenters. The van der Waals surface area contributed by atoms with E-state index in [1.165, 1.54) is 10.5 Å². The van der Waals surface area contributed by atoms with E-state index in [4.69, 9.17) is 4.74 Å². The molecule has 2 amide bonds.